The highest BCUT2D eigenvalue weighted by atomic mass is 16.4. The lowest BCUT2D eigenvalue weighted by Crippen LogP contribution is -2.60. The number of amides is 12. The summed E-state index contributed by atoms with van der Waals surface area (Å²) in [6.07, 6.45) is -3.32. The van der Waals surface area contributed by atoms with Gasteiger partial charge in [0, 0.05) is 42.9 Å². The fourth-order valence-corrected chi connectivity index (χ4v) is 9.34. The van der Waals surface area contributed by atoms with Crippen molar-refractivity contribution in [2.45, 2.75) is 180 Å². The summed E-state index contributed by atoms with van der Waals surface area (Å²) in [5.74, 6) is -20.7. The van der Waals surface area contributed by atoms with Crippen LogP contribution < -0.4 is 81.4 Å². The number of aromatic nitrogens is 1. The van der Waals surface area contributed by atoms with Crippen molar-refractivity contribution in [1.82, 2.24) is 63.5 Å². The molecule has 97 heavy (non-hydrogen) atoms. The Labute approximate surface area is 557 Å². The number of fused-ring (bicyclic) bond motifs is 1. The van der Waals surface area contributed by atoms with Crippen LogP contribution in [0.2, 0.25) is 0 Å². The molecule has 12 amide bonds. The van der Waals surface area contributed by atoms with Crippen molar-refractivity contribution in [2.75, 3.05) is 19.6 Å². The number of rotatable bonds is 44. The number of primary amides is 1. The minimum Gasteiger partial charge on any atom is -0.481 e. The van der Waals surface area contributed by atoms with Crippen molar-refractivity contribution >= 4 is 112 Å². The zero-order valence-electron chi connectivity index (χ0n) is 55.2. The highest BCUT2D eigenvalue weighted by Gasteiger charge is 2.37. The number of nitrogens with one attached hydrogen (secondary N) is 12. The van der Waals surface area contributed by atoms with E-state index in [1.807, 2.05) is 5.32 Å². The van der Waals surface area contributed by atoms with E-state index in [1.165, 1.54) is 13.8 Å². The summed E-state index contributed by atoms with van der Waals surface area (Å²) in [7, 11) is 0. The first-order valence-corrected chi connectivity index (χ1v) is 31.1. The SMILES string of the molecule is CC(C)C[C@H](NC(=O)CNC(=O)[C@H](CCC(N)=O)NC(=O)[C@@H](NC(=O)[C@H](Cc1c[nH]c2ccccc12)NC(=O)[C@H](CCCN=C(N)N)NC(=O)CNC(=O)[C@H](CC(=O)O)NC(=O)[C@@H](NC(=O)[C@@H](N)C(C)C)C(C)C)C(C)C)C(=O)N[C@@H](CCC(=O)O)C(=O)N[C@@H](CC(=O)O)C(=O)O. The maximum Gasteiger partial charge on any atom is 0.326 e. The fourth-order valence-electron chi connectivity index (χ4n) is 9.34. The molecule has 0 saturated heterocycles. The molecule has 2 rings (SSSR count). The van der Waals surface area contributed by atoms with Crippen LogP contribution in [0.15, 0.2) is 35.5 Å². The predicted octanol–water partition coefficient (Wildman–Crippen LogP) is -5.13. The molecule has 1 heterocycles. The van der Waals surface area contributed by atoms with Crippen LogP contribution in [0.25, 0.3) is 10.9 Å². The highest BCUT2D eigenvalue weighted by Crippen LogP contribution is 2.20. The largest absolute Gasteiger partial charge is 0.481 e. The van der Waals surface area contributed by atoms with Gasteiger partial charge in [-0.2, -0.15) is 0 Å². The van der Waals surface area contributed by atoms with E-state index < -0.39 is 219 Å². The van der Waals surface area contributed by atoms with E-state index in [0.717, 1.165) is 0 Å². The lowest BCUT2D eigenvalue weighted by atomic mass is 9.99. The van der Waals surface area contributed by atoms with E-state index in [4.69, 9.17) is 28.0 Å². The molecule has 2 aromatic rings. The maximum atomic E-state index is 14.7. The molecule has 0 spiro atoms. The second kappa shape index (κ2) is 40.7. The maximum absolute atomic E-state index is 14.7. The summed E-state index contributed by atoms with van der Waals surface area (Å²) in [5, 5.41) is 64.3. The number of aliphatic carboxylic acids is 4. The molecule has 0 radical (unpaired) electrons. The number of carbonyl (C=O) groups is 16. The second-order valence-corrected chi connectivity index (χ2v) is 24.3. The van der Waals surface area contributed by atoms with Gasteiger partial charge in [-0.1, -0.05) is 73.6 Å². The molecule has 0 bridgehead atoms. The zero-order chi connectivity index (χ0) is 73.6. The Morgan fingerprint density at radius 2 is 0.918 bits per heavy atom. The number of nitrogens with zero attached hydrogens (tertiary/aromatic N) is 1. The van der Waals surface area contributed by atoms with Crippen molar-refractivity contribution in [3.05, 3.63) is 36.0 Å². The Balaban J connectivity index is 2.47. The molecule has 0 aliphatic carbocycles. The molecule has 0 aliphatic rings. The Morgan fingerprint density at radius 3 is 1.42 bits per heavy atom. The summed E-state index contributed by atoms with van der Waals surface area (Å²) >= 11 is 0. The van der Waals surface area contributed by atoms with Crippen LogP contribution in [0.3, 0.4) is 0 Å². The molecule has 0 saturated carbocycles. The number of carboxylic acids is 4. The molecule has 10 atom stereocenters. The Hall–Kier alpha value is -10.5. The number of hydrogen-bond donors (Lipinski definition) is 20. The third-order valence-electron chi connectivity index (χ3n) is 14.6. The number of carboxylic acid groups (broad SMARTS) is 4. The number of para-hydroxylation sites is 1. The Bertz CT molecular complexity index is 3180. The fraction of sp³-hybridized carbons (Fsp3) is 0.583. The lowest BCUT2D eigenvalue weighted by Gasteiger charge is -2.28. The number of H-pyrrole nitrogens is 1. The van der Waals surface area contributed by atoms with Crippen molar-refractivity contribution in [2.24, 2.45) is 51.6 Å². The van der Waals surface area contributed by atoms with Gasteiger partial charge < -0.3 is 107 Å². The minimum absolute atomic E-state index is 0.0309. The molecule has 24 N–H and O–H groups in total. The first-order chi connectivity index (χ1) is 45.3. The van der Waals surface area contributed by atoms with Gasteiger partial charge in [-0.3, -0.25) is 76.9 Å². The van der Waals surface area contributed by atoms with Gasteiger partial charge in [0.2, 0.25) is 70.9 Å². The first-order valence-electron chi connectivity index (χ1n) is 31.1. The van der Waals surface area contributed by atoms with Crippen LogP contribution in [-0.4, -0.2) is 206 Å². The van der Waals surface area contributed by atoms with Gasteiger partial charge in [-0.25, -0.2) is 4.79 Å². The number of hydrogen-bond acceptors (Lipinski definition) is 18. The van der Waals surface area contributed by atoms with Crippen molar-refractivity contribution in [1.29, 1.82) is 0 Å². The van der Waals surface area contributed by atoms with Crippen LogP contribution >= 0.6 is 0 Å². The average Bonchev–Trinajstić information content (AvgIpc) is 1.73. The van der Waals surface area contributed by atoms with Crippen LogP contribution in [0.5, 0.6) is 0 Å². The van der Waals surface area contributed by atoms with Gasteiger partial charge in [0.15, 0.2) is 5.96 Å². The third-order valence-corrected chi connectivity index (χ3v) is 14.6. The summed E-state index contributed by atoms with van der Waals surface area (Å²) in [6.45, 7) is 11.0. The average molecular weight is 1370 g/mol. The van der Waals surface area contributed by atoms with Crippen LogP contribution in [0, 0.1) is 23.7 Å². The van der Waals surface area contributed by atoms with Gasteiger partial charge in [0.1, 0.15) is 54.4 Å². The summed E-state index contributed by atoms with van der Waals surface area (Å²) in [4.78, 5) is 216. The van der Waals surface area contributed by atoms with Gasteiger partial charge in [0.05, 0.1) is 32.0 Å². The number of carbonyl (C=O) groups excluding carboxylic acids is 12. The van der Waals surface area contributed by atoms with Gasteiger partial charge in [-0.15, -0.1) is 0 Å². The minimum atomic E-state index is -1.97. The monoisotopic (exact) mass is 1370 g/mol. The van der Waals surface area contributed by atoms with Crippen LogP contribution in [0.4, 0.5) is 0 Å². The van der Waals surface area contributed by atoms with Crippen LogP contribution in [-0.2, 0) is 83.1 Å². The second-order valence-electron chi connectivity index (χ2n) is 24.3. The topological polar surface area (TPSA) is 619 Å². The number of guanidine groups is 1. The molecule has 1 aromatic heterocycles. The molecular weight excluding hydrogens is 1280 g/mol. The van der Waals surface area contributed by atoms with E-state index in [-0.39, 0.29) is 50.0 Å². The van der Waals surface area contributed by atoms with Crippen LogP contribution in [0.1, 0.15) is 119 Å². The smallest absolute Gasteiger partial charge is 0.326 e. The third kappa shape index (κ3) is 30.2. The Morgan fingerprint density at radius 1 is 0.474 bits per heavy atom. The molecule has 538 valence electrons. The van der Waals surface area contributed by atoms with Crippen molar-refractivity contribution in [3.8, 4) is 0 Å². The first kappa shape index (κ1) is 82.6. The number of benzene rings is 1. The number of aliphatic imine (C=N–C) groups is 1. The van der Waals surface area contributed by atoms with Crippen molar-refractivity contribution < 1.29 is 97.1 Å². The molecule has 37 heteroatoms. The predicted molar refractivity (Wildman–Crippen MR) is 345 cm³/mol. The molecule has 0 aliphatic heterocycles. The van der Waals surface area contributed by atoms with E-state index in [1.54, 1.807) is 72.0 Å². The van der Waals surface area contributed by atoms with E-state index in [0.29, 0.717) is 16.5 Å². The number of nitrogens with two attached hydrogens (primary N) is 4. The molecule has 0 fully saturated rings. The Kier molecular flexibility index (Phi) is 34.6. The summed E-state index contributed by atoms with van der Waals surface area (Å²) in [6, 6.07) is -8.62. The lowest BCUT2D eigenvalue weighted by molar-refractivity contribution is -0.147. The number of aromatic amines is 1. The van der Waals surface area contributed by atoms with Crippen molar-refractivity contribution in [3.63, 3.8) is 0 Å². The van der Waals surface area contributed by atoms with E-state index >= 15 is 0 Å². The molecule has 1 aromatic carbocycles. The quantitative estimate of drug-likeness (QED) is 0.0168. The highest BCUT2D eigenvalue weighted by molar-refractivity contribution is 6.00. The molecule has 37 nitrogen and oxygen atoms in total. The zero-order valence-corrected chi connectivity index (χ0v) is 55.2. The molecular formula is C60H93N17O20. The standard InChI is InChI=1S/C60H93N17O20/c1-27(2)20-37(54(91)71-36(16-18-44(81)82)53(90)75-40(59(96)97)23-46(85)86)70-43(80)26-67-50(87)35(15-17-41(61)78)72-57(94)48(29(5)6)76-55(92)38(21-31-24-66-33-13-10-9-12-32(31)33)73-52(89)34(14-11-19-65-60(63)64)69-42(79)25-68-51(88)39(22-45(83)84)74-58(95)49(30(7)8)77-56(93)47(62)28(3)4/h9-10,12-13,24,27-30,34-40,47-49,66H,11,14-23,25-26,62H2,1-8H3,(H2,61,78)(H,67,87)(H,68,88)(H,69,79)(H,70,80)(H,71,91)(H,72,94)(H,73,89)(H,74,95)(H,75,90)(H,76,92)(H,77,93)(H,81,82)(H,83,84)(H,85,86)(H,96,97)(H4,63,64,65)/t34-,35-,36-,37-,38-,39-,40-,47-,48-,49-/m0/s1. The van der Waals surface area contributed by atoms with Gasteiger partial charge in [0.25, 0.3) is 0 Å². The summed E-state index contributed by atoms with van der Waals surface area (Å²) < 4.78 is 0. The summed E-state index contributed by atoms with van der Waals surface area (Å²) in [5.41, 5.74) is 23.5. The van der Waals surface area contributed by atoms with Gasteiger partial charge in [-0.05, 0) is 67.4 Å². The van der Waals surface area contributed by atoms with Gasteiger partial charge >= 0.3 is 23.9 Å². The molecule has 0 unspecified atom stereocenters. The van der Waals surface area contributed by atoms with E-state index in [2.05, 4.69) is 63.1 Å². The van der Waals surface area contributed by atoms with E-state index in [9.17, 15) is 92.0 Å². The normalized spacial score (nSPS) is 14.2.